The molecule has 2 aromatic rings. The Morgan fingerprint density at radius 3 is 2.66 bits per heavy atom. The molecule has 3 heterocycles. The van der Waals surface area contributed by atoms with E-state index >= 15 is 0 Å². The van der Waals surface area contributed by atoms with E-state index in [0.29, 0.717) is 34.6 Å². The predicted molar refractivity (Wildman–Crippen MR) is 119 cm³/mol. The van der Waals surface area contributed by atoms with Gasteiger partial charge in [-0.25, -0.2) is 9.78 Å². The molecule has 0 bridgehead atoms. The van der Waals surface area contributed by atoms with E-state index in [4.69, 9.17) is 23.2 Å². The summed E-state index contributed by atoms with van der Waals surface area (Å²) in [5, 5.41) is 13.7. The molecule has 1 aliphatic rings. The van der Waals surface area contributed by atoms with Gasteiger partial charge in [0.25, 0.3) is 5.91 Å². The van der Waals surface area contributed by atoms with Crippen LogP contribution in [0.2, 0.25) is 10.0 Å². The smallest absolute Gasteiger partial charge is 0.347 e. The minimum Gasteiger partial charge on any atom is -0.477 e. The van der Waals surface area contributed by atoms with Gasteiger partial charge in [0.15, 0.2) is 5.13 Å². The summed E-state index contributed by atoms with van der Waals surface area (Å²) in [4.78, 5) is 33.8. The molecule has 11 heteroatoms. The van der Waals surface area contributed by atoms with Gasteiger partial charge in [-0.3, -0.25) is 4.79 Å². The number of hydrogen-bond acceptors (Lipinski definition) is 6. The number of aromatic nitrogens is 2. The second kappa shape index (κ2) is 9.16. The Morgan fingerprint density at radius 1 is 1.38 bits per heavy atom. The molecule has 0 saturated carbocycles. The maximum Gasteiger partial charge on any atom is 0.347 e. The summed E-state index contributed by atoms with van der Waals surface area (Å²) >= 11 is 15.2. The van der Waals surface area contributed by atoms with Crippen LogP contribution in [-0.2, 0) is 0 Å². The van der Waals surface area contributed by atoms with Gasteiger partial charge in [0.05, 0.1) is 15.7 Å². The molecule has 29 heavy (non-hydrogen) atoms. The Bertz CT molecular complexity index is 931. The van der Waals surface area contributed by atoms with E-state index in [9.17, 15) is 14.7 Å². The number of H-pyrrole nitrogens is 1. The van der Waals surface area contributed by atoms with Gasteiger partial charge in [-0.15, -0.1) is 0 Å². The van der Waals surface area contributed by atoms with E-state index in [2.05, 4.69) is 20.2 Å². The molecule has 2 unspecified atom stereocenters. The number of carbonyl (C=O) groups excluding carboxylic acids is 1. The lowest BCUT2D eigenvalue weighted by Gasteiger charge is -2.38. The number of aryl methyl sites for hydroxylation is 2. The first-order valence-corrected chi connectivity index (χ1v) is 12.0. The lowest BCUT2D eigenvalue weighted by Crippen LogP contribution is -2.52. The first-order chi connectivity index (χ1) is 13.7. The summed E-state index contributed by atoms with van der Waals surface area (Å²) in [5.74, 6) is -0.181. The molecular weight excluding hydrogens is 455 g/mol. The van der Waals surface area contributed by atoms with Crippen LogP contribution in [0.5, 0.6) is 0 Å². The van der Waals surface area contributed by atoms with Gasteiger partial charge >= 0.3 is 5.97 Å². The van der Waals surface area contributed by atoms with Gasteiger partial charge in [0, 0.05) is 30.7 Å². The van der Waals surface area contributed by atoms with Gasteiger partial charge < -0.3 is 20.3 Å². The fourth-order valence-corrected chi connectivity index (χ4v) is 5.59. The van der Waals surface area contributed by atoms with Crippen LogP contribution in [0.4, 0.5) is 5.13 Å². The van der Waals surface area contributed by atoms with Crippen molar-refractivity contribution in [2.24, 2.45) is 5.92 Å². The average molecular weight is 477 g/mol. The van der Waals surface area contributed by atoms with E-state index in [1.54, 1.807) is 25.6 Å². The van der Waals surface area contributed by atoms with E-state index in [1.807, 2.05) is 6.26 Å². The van der Waals surface area contributed by atoms with Crippen molar-refractivity contribution in [3.8, 4) is 0 Å². The van der Waals surface area contributed by atoms with Crippen molar-refractivity contribution in [2.45, 2.75) is 26.3 Å². The van der Waals surface area contributed by atoms with Crippen molar-refractivity contribution in [3.05, 3.63) is 32.0 Å². The molecule has 7 nitrogen and oxygen atoms in total. The summed E-state index contributed by atoms with van der Waals surface area (Å²) in [7, 11) is 0. The van der Waals surface area contributed by atoms with Gasteiger partial charge in [-0.1, -0.05) is 34.5 Å². The molecule has 0 spiro atoms. The number of hydrogen-bond donors (Lipinski definition) is 3. The monoisotopic (exact) mass is 476 g/mol. The maximum atomic E-state index is 12.7. The number of thiazole rings is 1. The topological polar surface area (TPSA) is 98.3 Å². The molecular formula is C18H22Cl2N4O3S2. The molecule has 1 fully saturated rings. The van der Waals surface area contributed by atoms with Crippen molar-refractivity contribution >= 4 is 63.3 Å². The SMILES string of the molecule is CSCC1CN(c2nc(C)c(C(=O)O)s2)CCC1NC(=O)c1[nH]c(C)c(Cl)c1Cl. The Morgan fingerprint density at radius 2 is 2.10 bits per heavy atom. The normalized spacial score (nSPS) is 19.4. The zero-order valence-electron chi connectivity index (χ0n) is 16.2. The first kappa shape index (κ1) is 22.3. The quantitative estimate of drug-likeness (QED) is 0.580. The van der Waals surface area contributed by atoms with Crippen LogP contribution in [0.3, 0.4) is 0 Å². The summed E-state index contributed by atoms with van der Waals surface area (Å²) in [6.45, 7) is 4.85. The minimum atomic E-state index is -0.953. The van der Waals surface area contributed by atoms with Gasteiger partial charge in [0.2, 0.25) is 0 Å². The van der Waals surface area contributed by atoms with Crippen molar-refractivity contribution < 1.29 is 14.7 Å². The molecule has 1 amide bonds. The molecule has 158 valence electrons. The van der Waals surface area contributed by atoms with E-state index in [-0.39, 0.29) is 33.5 Å². The number of aromatic carboxylic acids is 1. The molecule has 0 aliphatic carbocycles. The third kappa shape index (κ3) is 4.68. The standard InChI is InChI=1S/C18H22Cl2N4O3S2/c1-8-12(19)13(20)14(21-8)16(25)23-11-4-5-24(6-10(11)7-28-3)18-22-9(2)15(29-18)17(26)27/h10-11,21H,4-7H2,1-3H3,(H,23,25)(H,26,27). The van der Waals surface area contributed by atoms with Crippen LogP contribution < -0.4 is 10.2 Å². The fraction of sp³-hybridized carbons (Fsp3) is 0.500. The molecule has 2 atom stereocenters. The highest BCUT2D eigenvalue weighted by Crippen LogP contribution is 2.32. The van der Waals surface area contributed by atoms with Gasteiger partial charge in [0.1, 0.15) is 10.6 Å². The Hall–Kier alpha value is -1.42. The summed E-state index contributed by atoms with van der Waals surface area (Å²) in [6, 6.07) is -0.0235. The maximum absolute atomic E-state index is 12.7. The predicted octanol–water partition coefficient (Wildman–Crippen LogP) is 4.08. The number of carboxylic acid groups (broad SMARTS) is 1. The third-order valence-electron chi connectivity index (χ3n) is 4.96. The molecule has 1 saturated heterocycles. The number of thioether (sulfide) groups is 1. The molecule has 3 rings (SSSR count). The Balaban J connectivity index is 1.73. The number of anilines is 1. The average Bonchev–Trinajstić information content (AvgIpc) is 3.18. The Kier molecular flexibility index (Phi) is 7.03. The highest BCUT2D eigenvalue weighted by Gasteiger charge is 2.33. The summed E-state index contributed by atoms with van der Waals surface area (Å²) in [5.41, 5.74) is 1.47. The lowest BCUT2D eigenvalue weighted by atomic mass is 9.93. The van der Waals surface area contributed by atoms with Crippen molar-refractivity contribution in [1.29, 1.82) is 0 Å². The highest BCUT2D eigenvalue weighted by atomic mass is 35.5. The van der Waals surface area contributed by atoms with Gasteiger partial charge in [-0.2, -0.15) is 11.8 Å². The number of nitrogens with zero attached hydrogens (tertiary/aromatic N) is 2. The highest BCUT2D eigenvalue weighted by molar-refractivity contribution is 7.98. The second-order valence-electron chi connectivity index (χ2n) is 7.00. The number of carbonyl (C=O) groups is 2. The zero-order chi connectivity index (χ0) is 21.3. The van der Waals surface area contributed by atoms with Crippen LogP contribution in [0.15, 0.2) is 0 Å². The van der Waals surface area contributed by atoms with Crippen LogP contribution >= 0.6 is 46.3 Å². The molecule has 1 aliphatic heterocycles. The zero-order valence-corrected chi connectivity index (χ0v) is 19.4. The third-order valence-corrected chi connectivity index (χ3v) is 7.88. The van der Waals surface area contributed by atoms with E-state index < -0.39 is 5.97 Å². The van der Waals surface area contributed by atoms with Gasteiger partial charge in [-0.05, 0) is 32.3 Å². The van der Waals surface area contributed by atoms with Crippen LogP contribution in [-0.4, -0.2) is 58.1 Å². The fourth-order valence-electron chi connectivity index (χ4n) is 3.46. The van der Waals surface area contributed by atoms with Crippen molar-refractivity contribution in [2.75, 3.05) is 30.0 Å². The number of amides is 1. The number of halogens is 2. The first-order valence-electron chi connectivity index (χ1n) is 9.02. The molecule has 0 radical (unpaired) electrons. The number of carboxylic acids is 1. The minimum absolute atomic E-state index is 0.0235. The number of piperidine rings is 1. The lowest BCUT2D eigenvalue weighted by molar-refractivity contribution is 0.0700. The van der Waals surface area contributed by atoms with Crippen molar-refractivity contribution in [1.82, 2.24) is 15.3 Å². The van der Waals surface area contributed by atoms with Crippen LogP contribution in [0, 0.1) is 19.8 Å². The summed E-state index contributed by atoms with van der Waals surface area (Å²) < 4.78 is 0. The largest absolute Gasteiger partial charge is 0.477 e. The van der Waals surface area contributed by atoms with Crippen molar-refractivity contribution in [3.63, 3.8) is 0 Å². The number of nitrogens with one attached hydrogen (secondary N) is 2. The van der Waals surface area contributed by atoms with E-state index in [0.717, 1.165) is 12.2 Å². The number of aromatic amines is 1. The number of rotatable bonds is 6. The molecule has 3 N–H and O–H groups in total. The Labute approximate surface area is 187 Å². The molecule has 2 aromatic heterocycles. The van der Waals surface area contributed by atoms with E-state index in [1.165, 1.54) is 11.3 Å². The van der Waals surface area contributed by atoms with Crippen LogP contribution in [0.1, 0.15) is 38.0 Å². The summed E-state index contributed by atoms with van der Waals surface area (Å²) in [6.07, 6.45) is 2.75. The molecule has 0 aromatic carbocycles. The second-order valence-corrected chi connectivity index (χ2v) is 9.64. The van der Waals surface area contributed by atoms with Crippen LogP contribution in [0.25, 0.3) is 0 Å².